The number of thiazole rings is 1. The molecule has 21 heavy (non-hydrogen) atoms. The summed E-state index contributed by atoms with van der Waals surface area (Å²) in [7, 11) is 1.21. The van der Waals surface area contributed by atoms with E-state index in [1.807, 2.05) is 0 Å². The van der Waals surface area contributed by atoms with Gasteiger partial charge >= 0.3 is 12.1 Å². The molecule has 0 N–H and O–H groups in total. The van der Waals surface area contributed by atoms with E-state index >= 15 is 0 Å². The van der Waals surface area contributed by atoms with Gasteiger partial charge in [0.15, 0.2) is 0 Å². The average Bonchev–Trinajstić information content (AvgIpc) is 2.85. The van der Waals surface area contributed by atoms with E-state index in [9.17, 15) is 22.4 Å². The number of ether oxygens (including phenoxy) is 1. The molecule has 0 unspecified atom stereocenters. The summed E-state index contributed by atoms with van der Waals surface area (Å²) in [6.45, 7) is 0. The number of carbonyl (C=O) groups excluding carboxylic acids is 1. The molecule has 0 saturated carbocycles. The molecule has 8 heteroatoms. The fourth-order valence-electron chi connectivity index (χ4n) is 1.65. The molecular formula is C13H9F4NO2S. The van der Waals surface area contributed by atoms with Crippen molar-refractivity contribution in [3.8, 4) is 10.6 Å². The number of hydrogen-bond acceptors (Lipinski definition) is 4. The number of nitrogens with zero attached hydrogens (tertiary/aromatic N) is 1. The highest BCUT2D eigenvalue weighted by atomic mass is 32.1. The molecule has 112 valence electrons. The van der Waals surface area contributed by atoms with Crippen LogP contribution >= 0.6 is 11.3 Å². The summed E-state index contributed by atoms with van der Waals surface area (Å²) < 4.78 is 56.4. The van der Waals surface area contributed by atoms with Gasteiger partial charge < -0.3 is 4.74 Å². The van der Waals surface area contributed by atoms with Gasteiger partial charge in [-0.15, -0.1) is 11.3 Å². The highest BCUT2D eigenvalue weighted by Gasteiger charge is 2.35. The molecule has 0 aliphatic carbocycles. The molecule has 2 rings (SSSR count). The molecule has 0 radical (unpaired) electrons. The van der Waals surface area contributed by atoms with Gasteiger partial charge in [-0.2, -0.15) is 13.2 Å². The van der Waals surface area contributed by atoms with Gasteiger partial charge in [0.1, 0.15) is 10.8 Å². The van der Waals surface area contributed by atoms with Crippen molar-refractivity contribution in [2.75, 3.05) is 7.11 Å². The fraction of sp³-hybridized carbons (Fsp3) is 0.231. The van der Waals surface area contributed by atoms with Crippen molar-refractivity contribution < 1.29 is 27.1 Å². The summed E-state index contributed by atoms with van der Waals surface area (Å²) in [5, 5.41) is 1.56. The third kappa shape index (κ3) is 3.38. The molecular weight excluding hydrogens is 310 g/mol. The smallest absolute Gasteiger partial charge is 0.419 e. The van der Waals surface area contributed by atoms with E-state index in [4.69, 9.17) is 0 Å². The van der Waals surface area contributed by atoms with E-state index in [1.165, 1.54) is 18.6 Å². The van der Waals surface area contributed by atoms with Crippen LogP contribution in [-0.2, 0) is 22.1 Å². The first kappa shape index (κ1) is 15.4. The lowest BCUT2D eigenvalue weighted by atomic mass is 10.1. The molecule has 0 bridgehead atoms. The Bertz CT molecular complexity index is 666. The van der Waals surface area contributed by atoms with E-state index in [-0.39, 0.29) is 17.0 Å². The number of hydrogen-bond donors (Lipinski definition) is 0. The van der Waals surface area contributed by atoms with Crippen LogP contribution in [0, 0.1) is 5.82 Å². The van der Waals surface area contributed by atoms with Crippen LogP contribution in [-0.4, -0.2) is 18.1 Å². The van der Waals surface area contributed by atoms with Gasteiger partial charge in [0.25, 0.3) is 0 Å². The van der Waals surface area contributed by atoms with E-state index < -0.39 is 23.5 Å². The first-order valence-corrected chi connectivity index (χ1v) is 6.58. The third-order valence-corrected chi connectivity index (χ3v) is 3.56. The summed E-state index contributed by atoms with van der Waals surface area (Å²) in [4.78, 5) is 15.1. The topological polar surface area (TPSA) is 39.2 Å². The predicted molar refractivity (Wildman–Crippen MR) is 68.2 cm³/mol. The first-order valence-electron chi connectivity index (χ1n) is 5.70. The van der Waals surface area contributed by atoms with Gasteiger partial charge in [0.2, 0.25) is 0 Å². The van der Waals surface area contributed by atoms with Crippen LogP contribution in [0.1, 0.15) is 11.3 Å². The Labute approximate surface area is 121 Å². The van der Waals surface area contributed by atoms with Crippen LogP contribution in [0.4, 0.5) is 17.6 Å². The lowest BCUT2D eigenvalue weighted by Crippen LogP contribution is -2.08. The maximum atomic E-state index is 13.9. The van der Waals surface area contributed by atoms with Gasteiger partial charge in [-0.05, 0) is 12.1 Å². The van der Waals surface area contributed by atoms with Gasteiger partial charge in [-0.25, -0.2) is 9.37 Å². The molecule has 2 aromatic rings. The molecule has 0 fully saturated rings. The standard InChI is InChI=1S/C13H9F4NO2S/c1-20-10(19)5-7-6-21-12(18-7)8-3-2-4-9(11(8)14)13(15,16)17/h2-4,6H,5H2,1H3. The summed E-state index contributed by atoms with van der Waals surface area (Å²) in [5.41, 5.74) is -1.27. The first-order chi connectivity index (χ1) is 9.82. The zero-order valence-electron chi connectivity index (χ0n) is 10.7. The second-order valence-corrected chi connectivity index (χ2v) is 4.92. The maximum absolute atomic E-state index is 13.9. The number of esters is 1. The van der Waals surface area contributed by atoms with E-state index in [0.717, 1.165) is 17.4 Å². The Morgan fingerprint density at radius 3 is 2.71 bits per heavy atom. The molecule has 0 saturated heterocycles. The van der Waals surface area contributed by atoms with E-state index in [2.05, 4.69) is 9.72 Å². The number of halogens is 4. The minimum atomic E-state index is -4.77. The Kier molecular flexibility index (Phi) is 4.26. The molecule has 1 heterocycles. The van der Waals surface area contributed by atoms with Crippen molar-refractivity contribution >= 4 is 17.3 Å². The van der Waals surface area contributed by atoms with Gasteiger partial charge in [-0.3, -0.25) is 4.79 Å². The number of aromatic nitrogens is 1. The van der Waals surface area contributed by atoms with Crippen LogP contribution in [0.2, 0.25) is 0 Å². The Balaban J connectivity index is 2.37. The van der Waals surface area contributed by atoms with E-state index in [0.29, 0.717) is 11.8 Å². The Morgan fingerprint density at radius 1 is 1.38 bits per heavy atom. The summed E-state index contributed by atoms with van der Waals surface area (Å²) in [6.07, 6.45) is -4.89. The number of rotatable bonds is 3. The molecule has 0 spiro atoms. The maximum Gasteiger partial charge on any atom is 0.419 e. The molecule has 0 atom stereocenters. The fourth-order valence-corrected chi connectivity index (χ4v) is 2.49. The number of benzene rings is 1. The highest BCUT2D eigenvalue weighted by molar-refractivity contribution is 7.13. The second kappa shape index (κ2) is 5.80. The van der Waals surface area contributed by atoms with Crippen molar-refractivity contribution in [1.29, 1.82) is 0 Å². The lowest BCUT2D eigenvalue weighted by Gasteiger charge is -2.09. The van der Waals surface area contributed by atoms with E-state index in [1.54, 1.807) is 0 Å². The molecule has 1 aromatic heterocycles. The summed E-state index contributed by atoms with van der Waals surface area (Å²) in [5.74, 6) is -1.90. The number of methoxy groups -OCH3 is 1. The Morgan fingerprint density at radius 2 is 2.10 bits per heavy atom. The van der Waals surface area contributed by atoms with Crippen molar-refractivity contribution in [3.63, 3.8) is 0 Å². The number of carbonyl (C=O) groups is 1. The molecule has 0 aliphatic heterocycles. The average molecular weight is 319 g/mol. The van der Waals surface area contributed by atoms with Crippen LogP contribution in [0.25, 0.3) is 10.6 Å². The van der Waals surface area contributed by atoms with Crippen molar-refractivity contribution in [1.82, 2.24) is 4.98 Å². The molecule has 1 aromatic carbocycles. The van der Waals surface area contributed by atoms with Crippen LogP contribution in [0.15, 0.2) is 23.6 Å². The Hall–Kier alpha value is -1.96. The van der Waals surface area contributed by atoms with Gasteiger partial charge in [0.05, 0.1) is 24.8 Å². The largest absolute Gasteiger partial charge is 0.469 e. The van der Waals surface area contributed by atoms with Crippen LogP contribution in [0.3, 0.4) is 0 Å². The zero-order valence-corrected chi connectivity index (χ0v) is 11.5. The molecule has 0 amide bonds. The quantitative estimate of drug-likeness (QED) is 0.640. The molecule has 3 nitrogen and oxygen atoms in total. The highest BCUT2D eigenvalue weighted by Crippen LogP contribution is 2.36. The lowest BCUT2D eigenvalue weighted by molar-refractivity contribution is -0.140. The summed E-state index contributed by atoms with van der Waals surface area (Å²) in [6, 6.07) is 3.00. The van der Waals surface area contributed by atoms with Crippen molar-refractivity contribution in [3.05, 3.63) is 40.7 Å². The van der Waals surface area contributed by atoms with Crippen molar-refractivity contribution in [2.45, 2.75) is 12.6 Å². The third-order valence-electron chi connectivity index (χ3n) is 2.64. The number of alkyl halides is 3. The zero-order chi connectivity index (χ0) is 15.6. The van der Waals surface area contributed by atoms with Crippen LogP contribution in [0.5, 0.6) is 0 Å². The monoisotopic (exact) mass is 319 g/mol. The van der Waals surface area contributed by atoms with Crippen molar-refractivity contribution in [2.24, 2.45) is 0 Å². The summed E-state index contributed by atoms with van der Waals surface area (Å²) >= 11 is 0.962. The van der Waals surface area contributed by atoms with Gasteiger partial charge in [0, 0.05) is 10.9 Å². The molecule has 0 aliphatic rings. The second-order valence-electron chi connectivity index (χ2n) is 4.06. The predicted octanol–water partition coefficient (Wildman–Crippen LogP) is 3.68. The minimum Gasteiger partial charge on any atom is -0.469 e. The normalized spacial score (nSPS) is 11.5. The van der Waals surface area contributed by atoms with Gasteiger partial charge in [-0.1, -0.05) is 6.07 Å². The SMILES string of the molecule is COC(=O)Cc1csc(-c2cccc(C(F)(F)F)c2F)n1. The van der Waals surface area contributed by atoms with Crippen LogP contribution < -0.4 is 0 Å². The minimum absolute atomic E-state index is 0.0810.